The highest BCUT2D eigenvalue weighted by Gasteiger charge is 2.15. The van der Waals surface area contributed by atoms with E-state index in [1.165, 1.54) is 11.8 Å². The van der Waals surface area contributed by atoms with Gasteiger partial charge in [-0.1, -0.05) is 30.0 Å². The molecule has 5 heteroatoms. The van der Waals surface area contributed by atoms with E-state index in [0.717, 1.165) is 22.9 Å². The number of carbonyl (C=O) groups excluding carboxylic acids is 1. The lowest BCUT2D eigenvalue weighted by atomic mass is 10.3. The molecule has 0 aliphatic carbocycles. The minimum atomic E-state index is -0.0228. The van der Waals surface area contributed by atoms with Crippen molar-refractivity contribution in [3.63, 3.8) is 0 Å². The molecule has 1 saturated heterocycles. The van der Waals surface area contributed by atoms with Gasteiger partial charge in [0.05, 0.1) is 18.1 Å². The van der Waals surface area contributed by atoms with Crippen LogP contribution in [0.15, 0.2) is 46.3 Å². The molecule has 0 spiro atoms. The first-order valence-corrected chi connectivity index (χ1v) is 8.04. The number of hydrogen-bond acceptors (Lipinski definition) is 4. The van der Waals surface area contributed by atoms with Gasteiger partial charge in [0.1, 0.15) is 0 Å². The minimum absolute atomic E-state index is 0.0228. The van der Waals surface area contributed by atoms with E-state index >= 15 is 0 Å². The zero-order valence-corrected chi connectivity index (χ0v) is 13.4. The van der Waals surface area contributed by atoms with Crippen molar-refractivity contribution < 1.29 is 9.53 Å². The number of nitrogens with one attached hydrogen (secondary N) is 1. The molecule has 0 bridgehead atoms. The Morgan fingerprint density at radius 1 is 1.29 bits per heavy atom. The van der Waals surface area contributed by atoms with Crippen LogP contribution in [0.4, 0.5) is 0 Å². The monoisotopic (exact) mass is 306 g/mol. The van der Waals surface area contributed by atoms with Gasteiger partial charge >= 0.3 is 0 Å². The van der Waals surface area contributed by atoms with Crippen LogP contribution in [0.3, 0.4) is 0 Å². The van der Waals surface area contributed by atoms with Gasteiger partial charge in [-0.3, -0.25) is 4.79 Å². The highest BCUT2D eigenvalue weighted by molar-refractivity contribution is 8.04. The number of amides is 1. The molecule has 0 saturated carbocycles. The average Bonchev–Trinajstić information content (AvgIpc) is 2.48. The second-order valence-corrected chi connectivity index (χ2v) is 6.30. The number of carbonyl (C=O) groups is 1. The van der Waals surface area contributed by atoms with E-state index in [4.69, 9.17) is 4.74 Å². The number of ether oxygens (including phenoxy) is 1. The summed E-state index contributed by atoms with van der Waals surface area (Å²) in [4.78, 5) is 16.3. The first kappa shape index (κ1) is 15.9. The van der Waals surface area contributed by atoms with Crippen LogP contribution >= 0.6 is 11.8 Å². The molecule has 1 amide bonds. The first-order valence-electron chi connectivity index (χ1n) is 7.22. The molecule has 0 unspecified atom stereocenters. The third-order valence-corrected chi connectivity index (χ3v) is 3.98. The summed E-state index contributed by atoms with van der Waals surface area (Å²) in [5.41, 5.74) is 0. The lowest BCUT2D eigenvalue weighted by Crippen LogP contribution is -2.35. The van der Waals surface area contributed by atoms with E-state index in [1.807, 2.05) is 50.4 Å². The lowest BCUT2D eigenvalue weighted by molar-refractivity contribution is -0.117. The predicted octanol–water partition coefficient (Wildman–Crippen LogP) is 2.48. The first-order chi connectivity index (χ1) is 10.1. The van der Waals surface area contributed by atoms with Crippen molar-refractivity contribution >= 4 is 17.7 Å². The summed E-state index contributed by atoms with van der Waals surface area (Å²) in [5, 5.41) is 2.97. The molecule has 1 aliphatic rings. The third-order valence-electron chi connectivity index (χ3n) is 2.96. The second kappa shape index (κ2) is 8.10. The Balaban J connectivity index is 2.12. The van der Waals surface area contributed by atoms with Gasteiger partial charge < -0.3 is 15.0 Å². The molecular weight excluding hydrogens is 284 g/mol. The standard InChI is InChI=1S/C16H22N2O2S/c1-13(2)17-16(19)15(12-18-8-10-20-11-9-18)21-14-6-4-3-5-7-14/h3-7,12-13H,8-11H2,1-2H3,(H,17,19)/b15-12-. The van der Waals surface area contributed by atoms with E-state index in [-0.39, 0.29) is 11.9 Å². The number of thioether (sulfide) groups is 1. The van der Waals surface area contributed by atoms with E-state index in [1.54, 1.807) is 0 Å². The maximum Gasteiger partial charge on any atom is 0.259 e. The van der Waals surface area contributed by atoms with Crippen molar-refractivity contribution in [3.8, 4) is 0 Å². The van der Waals surface area contributed by atoms with Crippen molar-refractivity contribution in [3.05, 3.63) is 41.4 Å². The van der Waals surface area contributed by atoms with Gasteiger partial charge in [0.25, 0.3) is 5.91 Å². The molecule has 21 heavy (non-hydrogen) atoms. The molecule has 2 rings (SSSR count). The normalized spacial score (nSPS) is 16.1. The van der Waals surface area contributed by atoms with E-state index in [0.29, 0.717) is 13.2 Å². The number of rotatable bonds is 5. The average molecular weight is 306 g/mol. The van der Waals surface area contributed by atoms with Crippen LogP contribution in [0.5, 0.6) is 0 Å². The smallest absolute Gasteiger partial charge is 0.259 e. The maximum atomic E-state index is 12.4. The lowest BCUT2D eigenvalue weighted by Gasteiger charge is -2.26. The molecule has 1 heterocycles. The molecular formula is C16H22N2O2S. The Morgan fingerprint density at radius 3 is 2.57 bits per heavy atom. The summed E-state index contributed by atoms with van der Waals surface area (Å²) in [6.45, 7) is 7.02. The molecule has 1 fully saturated rings. The van der Waals surface area contributed by atoms with Crippen LogP contribution in [-0.4, -0.2) is 43.2 Å². The van der Waals surface area contributed by atoms with Crippen molar-refractivity contribution in [2.45, 2.75) is 24.8 Å². The predicted molar refractivity (Wildman–Crippen MR) is 86.1 cm³/mol. The summed E-state index contributed by atoms with van der Waals surface area (Å²) < 4.78 is 5.35. The molecule has 114 valence electrons. The Labute approximate surface area is 130 Å². The van der Waals surface area contributed by atoms with Crippen molar-refractivity contribution in [1.29, 1.82) is 0 Å². The fourth-order valence-corrected chi connectivity index (χ4v) is 2.85. The second-order valence-electron chi connectivity index (χ2n) is 5.18. The Morgan fingerprint density at radius 2 is 1.95 bits per heavy atom. The largest absolute Gasteiger partial charge is 0.378 e. The van der Waals surface area contributed by atoms with Crippen molar-refractivity contribution in [2.75, 3.05) is 26.3 Å². The topological polar surface area (TPSA) is 41.6 Å². The van der Waals surface area contributed by atoms with Crippen molar-refractivity contribution in [2.24, 2.45) is 0 Å². The SMILES string of the molecule is CC(C)NC(=O)/C(=C/N1CCOCC1)Sc1ccccc1. The van der Waals surface area contributed by atoms with E-state index in [2.05, 4.69) is 10.2 Å². The molecule has 4 nitrogen and oxygen atoms in total. The fourth-order valence-electron chi connectivity index (χ4n) is 1.95. The molecule has 1 aromatic carbocycles. The molecule has 0 aromatic heterocycles. The van der Waals surface area contributed by atoms with Gasteiger partial charge in [-0.05, 0) is 26.0 Å². The van der Waals surface area contributed by atoms with E-state index in [9.17, 15) is 4.79 Å². The summed E-state index contributed by atoms with van der Waals surface area (Å²) in [6, 6.07) is 10.1. The molecule has 0 atom stereocenters. The summed E-state index contributed by atoms with van der Waals surface area (Å²) >= 11 is 1.50. The van der Waals surface area contributed by atoms with Crippen LogP contribution in [0, 0.1) is 0 Å². The highest BCUT2D eigenvalue weighted by atomic mass is 32.2. The number of hydrogen-bond donors (Lipinski definition) is 1. The van der Waals surface area contributed by atoms with Crippen LogP contribution in [0.25, 0.3) is 0 Å². The van der Waals surface area contributed by atoms with Gasteiger partial charge in [0.2, 0.25) is 0 Å². The van der Waals surface area contributed by atoms with Crippen molar-refractivity contribution in [1.82, 2.24) is 10.2 Å². The third kappa shape index (κ3) is 5.44. The molecule has 1 aromatic rings. The Bertz CT molecular complexity index is 482. The van der Waals surface area contributed by atoms with E-state index < -0.39 is 0 Å². The molecule has 1 N–H and O–H groups in total. The zero-order valence-electron chi connectivity index (χ0n) is 12.5. The van der Waals surface area contributed by atoms with Crippen LogP contribution in [0.2, 0.25) is 0 Å². The highest BCUT2D eigenvalue weighted by Crippen LogP contribution is 2.27. The summed E-state index contributed by atoms with van der Waals surface area (Å²) in [7, 11) is 0. The number of nitrogens with zero attached hydrogens (tertiary/aromatic N) is 1. The Hall–Kier alpha value is -1.46. The van der Waals surface area contributed by atoms with Crippen LogP contribution in [-0.2, 0) is 9.53 Å². The van der Waals surface area contributed by atoms with Gasteiger partial charge in [-0.25, -0.2) is 0 Å². The van der Waals surface area contributed by atoms with Gasteiger partial charge in [-0.15, -0.1) is 0 Å². The number of benzene rings is 1. The van der Waals surface area contributed by atoms with Crippen LogP contribution in [0.1, 0.15) is 13.8 Å². The molecule has 0 radical (unpaired) electrons. The fraction of sp³-hybridized carbons (Fsp3) is 0.438. The minimum Gasteiger partial charge on any atom is -0.378 e. The van der Waals surface area contributed by atoms with Gasteiger partial charge in [0.15, 0.2) is 0 Å². The van der Waals surface area contributed by atoms with Gasteiger partial charge in [0, 0.05) is 30.2 Å². The quantitative estimate of drug-likeness (QED) is 0.670. The maximum absolute atomic E-state index is 12.4. The summed E-state index contributed by atoms with van der Waals surface area (Å²) in [6.07, 6.45) is 1.96. The van der Waals surface area contributed by atoms with Gasteiger partial charge in [-0.2, -0.15) is 0 Å². The summed E-state index contributed by atoms with van der Waals surface area (Å²) in [5.74, 6) is -0.0228. The number of morpholine rings is 1. The zero-order chi connectivity index (χ0) is 15.1. The Kier molecular flexibility index (Phi) is 6.14. The molecule has 1 aliphatic heterocycles. The van der Waals surface area contributed by atoms with Crippen LogP contribution < -0.4 is 5.32 Å².